The van der Waals surface area contributed by atoms with Crippen molar-refractivity contribution in [2.75, 3.05) is 24.9 Å². The van der Waals surface area contributed by atoms with E-state index in [-0.39, 0.29) is 125 Å². The number of aliphatic hydroxyl groups is 2. The SMILES string of the molecule is CO.CO.ClCCl.ClCCl.[Gd+3].[Gd+3].[O-]c1ccc2ccccc2c1C=Nc1ccccc1N=Cc1c([O-])ccc2ccccc12.[O-]c1ccc2ccccc2c1C=Nc1ccccc1N=Cc1c([O-])ccc2ccccc12.[O-]c1ccc2ccccc2c1C=Nc1ccccc1N=Cc1c([O-])ccc2ccccc12. The van der Waals surface area contributed by atoms with Gasteiger partial charge in [-0.25, -0.2) is 0 Å². The van der Waals surface area contributed by atoms with Gasteiger partial charge in [-0.15, -0.1) is 46.4 Å². The molecular formula is C88H66Cl4Gd2N6O8. The molecule has 2 radical (unpaired) electrons. The van der Waals surface area contributed by atoms with E-state index in [2.05, 4.69) is 30.0 Å². The monoisotopic (exact) mass is 1790 g/mol. The molecule has 2 N–H and O–H groups in total. The summed E-state index contributed by atoms with van der Waals surface area (Å²) in [4.78, 5) is 27.4. The van der Waals surface area contributed by atoms with E-state index >= 15 is 0 Å². The normalized spacial score (nSPS) is 10.9. The Kier molecular flexibility index (Phi) is 35.4. The molecule has 0 fully saturated rings. The second-order valence-corrected chi connectivity index (χ2v) is 24.0. The molecule has 540 valence electrons. The van der Waals surface area contributed by atoms with Crippen LogP contribution < -0.4 is 30.6 Å². The molecule has 15 rings (SSSR count). The van der Waals surface area contributed by atoms with Crippen LogP contribution in [-0.4, -0.2) is 72.4 Å². The van der Waals surface area contributed by atoms with Crippen LogP contribution >= 0.6 is 46.4 Å². The van der Waals surface area contributed by atoms with Crippen LogP contribution in [0.25, 0.3) is 64.6 Å². The molecule has 0 atom stereocenters. The Hall–Kier alpha value is -9.59. The molecule has 15 aromatic carbocycles. The Labute approximate surface area is 709 Å². The summed E-state index contributed by atoms with van der Waals surface area (Å²) in [5.41, 5.74) is 6.93. The van der Waals surface area contributed by atoms with Gasteiger partial charge in [0.15, 0.2) is 0 Å². The third kappa shape index (κ3) is 22.5. The van der Waals surface area contributed by atoms with Crippen LogP contribution in [0, 0.1) is 79.9 Å². The molecule has 0 aliphatic heterocycles. The summed E-state index contributed by atoms with van der Waals surface area (Å²) in [6.07, 6.45) is 9.56. The number of aliphatic hydroxyl groups excluding tert-OH is 2. The van der Waals surface area contributed by atoms with E-state index in [1.54, 1.807) is 73.7 Å². The van der Waals surface area contributed by atoms with Gasteiger partial charge in [0.1, 0.15) is 0 Å². The largest absolute Gasteiger partial charge is 3.00 e. The molecule has 15 aromatic rings. The first-order valence-corrected chi connectivity index (χ1v) is 34.9. The fraction of sp³-hybridized carbons (Fsp3) is 0.0455. The van der Waals surface area contributed by atoms with Crippen LogP contribution in [0.2, 0.25) is 0 Å². The van der Waals surface area contributed by atoms with Crippen LogP contribution in [0.15, 0.2) is 321 Å². The topological polar surface area (TPSA) is 253 Å². The molecule has 108 heavy (non-hydrogen) atoms. The van der Waals surface area contributed by atoms with Gasteiger partial charge in [0, 0.05) is 51.5 Å². The average Bonchev–Trinajstić information content (AvgIpc) is 0.849. The molecule has 20 heteroatoms. The van der Waals surface area contributed by atoms with Crippen molar-refractivity contribution < 1.29 is 121 Å². The van der Waals surface area contributed by atoms with Crippen molar-refractivity contribution in [2.24, 2.45) is 30.0 Å². The van der Waals surface area contributed by atoms with Crippen LogP contribution in [0.4, 0.5) is 34.1 Å². The maximum Gasteiger partial charge on any atom is 3.00 e. The number of nitrogens with zero attached hydrogens (tertiary/aromatic N) is 6. The van der Waals surface area contributed by atoms with Crippen LogP contribution in [-0.2, 0) is 0 Å². The number of hydrogen-bond acceptors (Lipinski definition) is 14. The number of aliphatic imine (C=N–C) groups is 6. The number of halogens is 4. The Morgan fingerprint density at radius 3 is 0.472 bits per heavy atom. The van der Waals surface area contributed by atoms with Crippen LogP contribution in [0.3, 0.4) is 0 Å². The Morgan fingerprint density at radius 2 is 0.333 bits per heavy atom. The van der Waals surface area contributed by atoms with Crippen LogP contribution in [0.5, 0.6) is 34.5 Å². The van der Waals surface area contributed by atoms with Gasteiger partial charge in [0.05, 0.1) is 44.8 Å². The van der Waals surface area contributed by atoms with Crippen molar-refractivity contribution in [3.05, 3.63) is 325 Å². The van der Waals surface area contributed by atoms with Gasteiger partial charge in [-0.1, -0.05) is 289 Å². The first-order valence-electron chi connectivity index (χ1n) is 32.7. The molecule has 0 bridgehead atoms. The molecule has 0 unspecified atom stereocenters. The van der Waals surface area contributed by atoms with Gasteiger partial charge in [0.2, 0.25) is 0 Å². The predicted octanol–water partition coefficient (Wildman–Crippen LogP) is 19.0. The standard InChI is InChI=1S/3C28H20N2O2.2CH2Cl2.2CH4O.2Gd/c3*31-27-15-13-19-7-1-3-9-21(19)23(27)17-29-25-11-5-6-12-26(25)30-18-24-22-10-4-2-8-20(22)14-16-28(24)32;2*2-1-3;2*1-2;;/h3*1-18,31-32H;2*1H2;2*2H,1H3;;/q;;;;;;;2*+3/p-6. The number of rotatable bonds is 12. The van der Waals surface area contributed by atoms with Crippen molar-refractivity contribution >= 4 is 182 Å². The molecule has 0 aliphatic rings. The van der Waals surface area contributed by atoms with Gasteiger partial charge >= 0.3 is 79.9 Å². The quantitative estimate of drug-likeness (QED) is 0.0876. The Balaban J connectivity index is 0.000000211. The first kappa shape index (κ1) is 85.7. The molecule has 0 aromatic heterocycles. The van der Waals surface area contributed by atoms with Crippen molar-refractivity contribution in [1.82, 2.24) is 0 Å². The molecule has 14 nitrogen and oxygen atoms in total. The number of alkyl halides is 4. The van der Waals surface area contributed by atoms with Gasteiger partial charge < -0.3 is 40.9 Å². The summed E-state index contributed by atoms with van der Waals surface area (Å²) in [7, 11) is 2.00. The maximum absolute atomic E-state index is 12.5. The molecule has 0 amide bonds. The number of para-hydroxylation sites is 6. The molecule has 0 saturated heterocycles. The third-order valence-electron chi connectivity index (χ3n) is 16.2. The Bertz CT molecular complexity index is 4800. The summed E-state index contributed by atoms with van der Waals surface area (Å²) < 4.78 is 0. The van der Waals surface area contributed by atoms with Crippen molar-refractivity contribution in [3.8, 4) is 34.5 Å². The van der Waals surface area contributed by atoms with Crippen molar-refractivity contribution in [3.63, 3.8) is 0 Å². The first-order chi connectivity index (χ1) is 51.9. The van der Waals surface area contributed by atoms with E-state index in [1.165, 1.54) is 0 Å². The molecular weight excluding hydrogens is 1730 g/mol. The van der Waals surface area contributed by atoms with E-state index < -0.39 is 0 Å². The smallest absolute Gasteiger partial charge is 0.872 e. The summed E-state index contributed by atoms with van der Waals surface area (Å²) >= 11 is 19.1. The van der Waals surface area contributed by atoms with E-state index in [1.807, 2.05) is 255 Å². The fourth-order valence-corrected chi connectivity index (χ4v) is 11.3. The Morgan fingerprint density at radius 1 is 0.213 bits per heavy atom. The maximum atomic E-state index is 12.5. The zero-order chi connectivity index (χ0) is 75.2. The number of benzene rings is 15. The predicted molar refractivity (Wildman–Crippen MR) is 433 cm³/mol. The second-order valence-electron chi connectivity index (χ2n) is 22.4. The summed E-state index contributed by atoms with van der Waals surface area (Å²) in [6, 6.07) is 88.8. The van der Waals surface area contributed by atoms with E-state index in [4.69, 9.17) is 56.6 Å². The van der Waals surface area contributed by atoms with Crippen molar-refractivity contribution in [1.29, 1.82) is 0 Å². The van der Waals surface area contributed by atoms with Crippen molar-refractivity contribution in [2.45, 2.75) is 0 Å². The molecule has 0 aliphatic carbocycles. The van der Waals surface area contributed by atoms with E-state index in [0.29, 0.717) is 67.5 Å². The zero-order valence-electron chi connectivity index (χ0n) is 57.8. The molecule has 0 heterocycles. The van der Waals surface area contributed by atoms with Gasteiger partial charge in [-0.05, 0) is 134 Å². The number of fused-ring (bicyclic) bond motifs is 6. The molecule has 0 saturated carbocycles. The minimum atomic E-state index is -0.0832. The third-order valence-corrected chi connectivity index (χ3v) is 16.2. The second kappa shape index (κ2) is 44.6. The summed E-state index contributed by atoms with van der Waals surface area (Å²) in [5.74, 6) is -0.499. The minimum Gasteiger partial charge on any atom is -0.872 e. The van der Waals surface area contributed by atoms with Gasteiger partial charge in [-0.3, -0.25) is 30.0 Å². The van der Waals surface area contributed by atoms with E-state index in [0.717, 1.165) is 78.9 Å². The summed E-state index contributed by atoms with van der Waals surface area (Å²) in [5, 5.41) is 100. The summed E-state index contributed by atoms with van der Waals surface area (Å²) in [6.45, 7) is 0. The average molecular weight is 1790 g/mol. The van der Waals surface area contributed by atoms with Gasteiger partial charge in [-0.2, -0.15) is 0 Å². The zero-order valence-corrected chi connectivity index (χ0v) is 65.4. The van der Waals surface area contributed by atoms with Gasteiger partial charge in [0.25, 0.3) is 0 Å². The number of hydrogen-bond donors (Lipinski definition) is 2. The van der Waals surface area contributed by atoms with E-state index in [9.17, 15) is 30.6 Å². The minimum absolute atomic E-state index is 0. The fourth-order valence-electron chi connectivity index (χ4n) is 11.3. The van der Waals surface area contributed by atoms with Crippen LogP contribution in [0.1, 0.15) is 33.4 Å². The molecule has 0 spiro atoms.